The standard InChI is InChI=1S/C10H14F4N2O/c1-7-3-9(15(11)12)5-8(7,2)6-10(4-7,17-9)16(13)14/h3-6H2,1-2H3. The Kier molecular flexibility index (Phi) is 1.91. The molecule has 0 aromatic rings. The van der Waals surface area contributed by atoms with Crippen molar-refractivity contribution >= 4 is 0 Å². The molecule has 0 unspecified atom stereocenters. The summed E-state index contributed by atoms with van der Waals surface area (Å²) >= 11 is 0. The summed E-state index contributed by atoms with van der Waals surface area (Å²) in [5.41, 5.74) is -4.71. The molecule has 0 aromatic carbocycles. The van der Waals surface area contributed by atoms with Crippen LogP contribution in [0.15, 0.2) is 0 Å². The first-order chi connectivity index (χ1) is 7.67. The summed E-state index contributed by atoms with van der Waals surface area (Å²) in [5, 5.41) is -2.04. The second-order valence-corrected chi connectivity index (χ2v) is 6.29. The van der Waals surface area contributed by atoms with Gasteiger partial charge in [0.25, 0.3) is 0 Å². The topological polar surface area (TPSA) is 15.7 Å². The minimum absolute atomic E-state index is 0.110. The first kappa shape index (κ1) is 11.7. The molecule has 0 amide bonds. The average molecular weight is 254 g/mol. The summed E-state index contributed by atoms with van der Waals surface area (Å²) < 4.78 is 57.2. The van der Waals surface area contributed by atoms with E-state index in [1.807, 2.05) is 13.8 Å². The summed E-state index contributed by atoms with van der Waals surface area (Å²) in [5.74, 6) is 0. The largest absolute Gasteiger partial charge is 0.329 e. The van der Waals surface area contributed by atoms with Gasteiger partial charge in [0.1, 0.15) is 0 Å². The van der Waals surface area contributed by atoms with Gasteiger partial charge in [-0.1, -0.05) is 31.8 Å². The van der Waals surface area contributed by atoms with Crippen LogP contribution in [0.5, 0.6) is 0 Å². The molecule has 17 heavy (non-hydrogen) atoms. The van der Waals surface area contributed by atoms with E-state index in [9.17, 15) is 17.9 Å². The Morgan fingerprint density at radius 1 is 0.765 bits per heavy atom. The summed E-state index contributed by atoms with van der Waals surface area (Å²) in [6.07, 6.45) is 0.441. The number of hydrogen-bond donors (Lipinski definition) is 0. The smallest absolute Gasteiger partial charge is 0.184 e. The van der Waals surface area contributed by atoms with Crippen LogP contribution in [0, 0.1) is 10.8 Å². The normalized spacial score (nSPS) is 56.5. The first-order valence-electron chi connectivity index (χ1n) is 5.61. The van der Waals surface area contributed by atoms with Gasteiger partial charge in [-0.05, 0) is 10.8 Å². The SMILES string of the molecule is CC12CC3(N(F)F)CC1(C)CC(N(F)F)(C2)O3. The average Bonchev–Trinajstić information content (AvgIpc) is 2.40. The fourth-order valence-electron chi connectivity index (χ4n) is 4.35. The Morgan fingerprint density at radius 3 is 1.29 bits per heavy atom. The van der Waals surface area contributed by atoms with Gasteiger partial charge in [-0.2, -0.15) is 0 Å². The van der Waals surface area contributed by atoms with Crippen LogP contribution < -0.4 is 0 Å². The van der Waals surface area contributed by atoms with Gasteiger partial charge < -0.3 is 4.74 Å². The molecule has 0 aromatic heterocycles. The lowest BCUT2D eigenvalue weighted by Crippen LogP contribution is -2.58. The lowest BCUT2D eigenvalue weighted by Gasteiger charge is -2.46. The molecule has 2 aliphatic carbocycles. The Morgan fingerprint density at radius 2 is 1.06 bits per heavy atom. The van der Waals surface area contributed by atoms with E-state index in [4.69, 9.17) is 4.74 Å². The molecule has 2 saturated heterocycles. The lowest BCUT2D eigenvalue weighted by atomic mass is 9.71. The van der Waals surface area contributed by atoms with Gasteiger partial charge in [0.05, 0.1) is 10.7 Å². The van der Waals surface area contributed by atoms with Crippen LogP contribution in [0.2, 0.25) is 0 Å². The Labute approximate surface area is 96.0 Å². The molecule has 0 spiro atoms. The van der Waals surface area contributed by atoms with Crippen LogP contribution in [0.1, 0.15) is 39.5 Å². The number of ether oxygens (including phenoxy) is 1. The van der Waals surface area contributed by atoms with E-state index in [-0.39, 0.29) is 25.7 Å². The van der Waals surface area contributed by atoms with Gasteiger partial charge in [-0.3, -0.25) is 0 Å². The zero-order valence-electron chi connectivity index (χ0n) is 9.64. The number of halogens is 4. The third-order valence-electron chi connectivity index (χ3n) is 5.12. The van der Waals surface area contributed by atoms with Crippen LogP contribution in [-0.2, 0) is 4.74 Å². The second-order valence-electron chi connectivity index (χ2n) is 6.29. The molecule has 2 saturated carbocycles. The van der Waals surface area contributed by atoms with Crippen molar-refractivity contribution in [2.24, 2.45) is 10.8 Å². The van der Waals surface area contributed by atoms with E-state index in [1.165, 1.54) is 0 Å². The van der Waals surface area contributed by atoms with Crippen LogP contribution >= 0.6 is 0 Å². The van der Waals surface area contributed by atoms with Crippen molar-refractivity contribution in [3.05, 3.63) is 0 Å². The molecule has 4 aliphatic rings. The lowest BCUT2D eigenvalue weighted by molar-refractivity contribution is -0.438. The van der Waals surface area contributed by atoms with Gasteiger partial charge >= 0.3 is 0 Å². The molecule has 4 rings (SSSR count). The summed E-state index contributed by atoms with van der Waals surface area (Å²) in [7, 11) is 0. The number of rotatable bonds is 2. The van der Waals surface area contributed by atoms with Crippen molar-refractivity contribution in [2.45, 2.75) is 51.0 Å². The molecule has 7 heteroatoms. The maximum atomic E-state index is 13.0. The van der Waals surface area contributed by atoms with Gasteiger partial charge in [-0.15, -0.1) is 0 Å². The third-order valence-corrected chi connectivity index (χ3v) is 5.12. The van der Waals surface area contributed by atoms with Crippen molar-refractivity contribution < 1.29 is 22.7 Å². The minimum atomic E-state index is -1.84. The zero-order chi connectivity index (χ0) is 12.7. The number of nitrogens with zero attached hydrogens (tertiary/aromatic N) is 2. The van der Waals surface area contributed by atoms with Crippen molar-refractivity contribution in [3.63, 3.8) is 0 Å². The fraction of sp³-hybridized carbons (Fsp3) is 1.00. The monoisotopic (exact) mass is 254 g/mol. The molecule has 0 atom stereocenters. The molecule has 4 bridgehead atoms. The predicted octanol–water partition coefficient (Wildman–Crippen LogP) is 3.15. The highest BCUT2D eigenvalue weighted by atomic mass is 19.4. The van der Waals surface area contributed by atoms with Gasteiger partial charge in [0, 0.05) is 25.7 Å². The molecule has 3 nitrogen and oxygen atoms in total. The maximum absolute atomic E-state index is 13.0. The summed E-state index contributed by atoms with van der Waals surface area (Å²) in [4.78, 5) is 0. The van der Waals surface area contributed by atoms with Gasteiger partial charge in [0.15, 0.2) is 11.4 Å². The fourth-order valence-corrected chi connectivity index (χ4v) is 4.35. The quantitative estimate of drug-likeness (QED) is 0.556. The second kappa shape index (κ2) is 2.78. The maximum Gasteiger partial charge on any atom is 0.184 e. The molecular weight excluding hydrogens is 240 g/mol. The Hall–Kier alpha value is -0.400. The molecule has 0 N–H and O–H groups in total. The highest BCUT2D eigenvalue weighted by molar-refractivity contribution is 5.20. The van der Waals surface area contributed by atoms with Crippen molar-refractivity contribution in [3.8, 4) is 0 Å². The molecular formula is C10H14F4N2O. The van der Waals surface area contributed by atoms with Crippen LogP contribution in [0.4, 0.5) is 17.9 Å². The molecule has 0 radical (unpaired) electrons. The van der Waals surface area contributed by atoms with Crippen LogP contribution in [0.3, 0.4) is 0 Å². The summed E-state index contributed by atoms with van der Waals surface area (Å²) in [6.45, 7) is 3.62. The van der Waals surface area contributed by atoms with E-state index >= 15 is 0 Å². The third kappa shape index (κ3) is 1.13. The van der Waals surface area contributed by atoms with Crippen LogP contribution in [0.25, 0.3) is 0 Å². The van der Waals surface area contributed by atoms with E-state index in [0.29, 0.717) is 0 Å². The highest BCUT2D eigenvalue weighted by Crippen LogP contribution is 2.75. The van der Waals surface area contributed by atoms with E-state index in [1.54, 1.807) is 0 Å². The van der Waals surface area contributed by atoms with Crippen LogP contribution in [-0.4, -0.2) is 22.1 Å². The van der Waals surface area contributed by atoms with Crippen molar-refractivity contribution in [1.29, 1.82) is 0 Å². The zero-order valence-corrected chi connectivity index (χ0v) is 9.64. The first-order valence-corrected chi connectivity index (χ1v) is 5.61. The van der Waals surface area contributed by atoms with Gasteiger partial charge in [0.2, 0.25) is 0 Å². The van der Waals surface area contributed by atoms with E-state index < -0.39 is 33.0 Å². The van der Waals surface area contributed by atoms with E-state index in [0.717, 1.165) is 0 Å². The highest BCUT2D eigenvalue weighted by Gasteiger charge is 2.78. The number of hydrogen-bond acceptors (Lipinski definition) is 3. The molecule has 4 fully saturated rings. The summed E-state index contributed by atoms with van der Waals surface area (Å²) in [6, 6.07) is 0. The van der Waals surface area contributed by atoms with Crippen molar-refractivity contribution in [1.82, 2.24) is 10.7 Å². The Balaban J connectivity index is 2.09. The predicted molar refractivity (Wildman–Crippen MR) is 49.3 cm³/mol. The van der Waals surface area contributed by atoms with Crippen molar-refractivity contribution in [2.75, 3.05) is 0 Å². The minimum Gasteiger partial charge on any atom is -0.329 e. The Bertz CT molecular complexity index is 327. The molecule has 2 heterocycles. The molecule has 2 aliphatic heterocycles. The molecule has 98 valence electrons. The van der Waals surface area contributed by atoms with E-state index in [2.05, 4.69) is 0 Å². The van der Waals surface area contributed by atoms with Gasteiger partial charge in [-0.25, -0.2) is 0 Å².